The highest BCUT2D eigenvalue weighted by Gasteiger charge is 2.36. The van der Waals surface area contributed by atoms with E-state index in [2.05, 4.69) is 0 Å². The van der Waals surface area contributed by atoms with Gasteiger partial charge >= 0.3 is 0 Å². The van der Waals surface area contributed by atoms with Crippen molar-refractivity contribution < 1.29 is 21.8 Å². The summed E-state index contributed by atoms with van der Waals surface area (Å²) in [5.41, 5.74) is 4.17. The van der Waals surface area contributed by atoms with Crippen LogP contribution in [0.15, 0.2) is 34.1 Å². The molecule has 0 N–H and O–H groups in total. The summed E-state index contributed by atoms with van der Waals surface area (Å²) in [5, 5.41) is 10.8. The molecule has 0 radical (unpaired) electrons. The molecule has 0 aromatic heterocycles. The van der Waals surface area contributed by atoms with Crippen molar-refractivity contribution in [3.05, 3.63) is 62.2 Å². The zero-order valence-corrected chi connectivity index (χ0v) is 20.4. The molecule has 1 fully saturated rings. The van der Waals surface area contributed by atoms with Crippen molar-refractivity contribution in [3.8, 4) is 0 Å². The Morgan fingerprint density at radius 2 is 1.06 bits per heavy atom. The lowest BCUT2D eigenvalue weighted by Gasteiger charge is -2.34. The van der Waals surface area contributed by atoms with Crippen molar-refractivity contribution in [2.45, 2.75) is 44.4 Å². The third kappa shape index (κ3) is 4.05. The van der Waals surface area contributed by atoms with E-state index in [1.807, 2.05) is 20.8 Å². The average molecular weight is 482 g/mol. The monoisotopic (exact) mass is 481 g/mol. The van der Waals surface area contributed by atoms with Crippen molar-refractivity contribution >= 4 is 25.7 Å². The third-order valence-corrected chi connectivity index (χ3v) is 10.5. The topological polar surface area (TPSA) is 118 Å². The van der Waals surface area contributed by atoms with Gasteiger partial charge in [-0.15, -0.1) is 0 Å². The first kappa shape index (κ1) is 24.3. The van der Waals surface area contributed by atoms with Crippen molar-refractivity contribution in [2.24, 2.45) is 0 Å². The summed E-state index contributed by atoms with van der Waals surface area (Å²) < 4.78 is 55.3. The molecule has 0 spiro atoms. The average Bonchev–Trinajstić information content (AvgIpc) is 2.76. The fourth-order valence-electron chi connectivity index (χ4n) is 4.02. The number of non-ortho nitro benzene ring substituents is 1. The zero-order chi connectivity index (χ0) is 24.0. The second-order valence-corrected chi connectivity index (χ2v) is 11.8. The second kappa shape index (κ2) is 8.54. The highest BCUT2D eigenvalue weighted by molar-refractivity contribution is 7.89. The minimum Gasteiger partial charge on any atom is -0.258 e. The van der Waals surface area contributed by atoms with Crippen LogP contribution in [0.25, 0.3) is 0 Å². The fraction of sp³-hybridized carbons (Fsp3) is 0.429. The number of nitrogens with zero attached hydrogens (tertiary/aromatic N) is 3. The standard InChI is InChI=1S/C21H27N3O6S2/c1-14-15(2)17(4)21(18(5)16(14)3)32(29,30)23-12-10-22(11-13-23)31(27,28)20-8-6-19(7-9-20)24(25)26/h6-9H,10-13H2,1-5H3. The van der Waals surface area contributed by atoms with Crippen molar-refractivity contribution in [2.75, 3.05) is 26.2 Å². The predicted molar refractivity (Wildman–Crippen MR) is 121 cm³/mol. The van der Waals surface area contributed by atoms with Crippen molar-refractivity contribution in [3.63, 3.8) is 0 Å². The molecule has 0 unspecified atom stereocenters. The summed E-state index contributed by atoms with van der Waals surface area (Å²) in [6.07, 6.45) is 0. The van der Waals surface area contributed by atoms with Gasteiger partial charge in [-0.25, -0.2) is 16.8 Å². The van der Waals surface area contributed by atoms with Gasteiger partial charge in [0, 0.05) is 38.3 Å². The minimum absolute atomic E-state index is 0.000468. The Hall–Kier alpha value is -2.34. The van der Waals surface area contributed by atoms with Gasteiger partial charge in [-0.3, -0.25) is 10.1 Å². The highest BCUT2D eigenvalue weighted by Crippen LogP contribution is 2.32. The van der Waals surface area contributed by atoms with Crippen molar-refractivity contribution in [1.29, 1.82) is 0 Å². The molecule has 2 aromatic rings. The summed E-state index contributed by atoms with van der Waals surface area (Å²) >= 11 is 0. The largest absolute Gasteiger partial charge is 0.269 e. The Morgan fingerprint density at radius 1 is 0.688 bits per heavy atom. The summed E-state index contributed by atoms with van der Waals surface area (Å²) in [6, 6.07) is 4.67. The number of sulfonamides is 2. The van der Waals surface area contributed by atoms with Crippen LogP contribution in [0.4, 0.5) is 5.69 Å². The molecule has 1 heterocycles. The van der Waals surface area contributed by atoms with Gasteiger partial charge in [-0.05, 0) is 74.6 Å². The van der Waals surface area contributed by atoms with E-state index in [9.17, 15) is 26.9 Å². The maximum atomic E-state index is 13.5. The lowest BCUT2D eigenvalue weighted by atomic mass is 9.95. The van der Waals surface area contributed by atoms with Crippen LogP contribution in [0.3, 0.4) is 0 Å². The summed E-state index contributed by atoms with van der Waals surface area (Å²) in [7, 11) is -7.68. The van der Waals surface area contributed by atoms with E-state index >= 15 is 0 Å². The van der Waals surface area contributed by atoms with E-state index in [4.69, 9.17) is 0 Å². The molecule has 3 rings (SSSR count). The first-order valence-electron chi connectivity index (χ1n) is 10.1. The molecular formula is C21H27N3O6S2. The Bertz CT molecular complexity index is 1250. The van der Waals surface area contributed by atoms with Gasteiger partial charge in [0.25, 0.3) is 5.69 Å². The summed E-state index contributed by atoms with van der Waals surface area (Å²) in [4.78, 5) is 10.4. The first-order valence-corrected chi connectivity index (χ1v) is 13.0. The molecule has 0 bridgehead atoms. The van der Waals surface area contributed by atoms with Crippen LogP contribution in [0.5, 0.6) is 0 Å². The Morgan fingerprint density at radius 3 is 1.47 bits per heavy atom. The number of hydrogen-bond acceptors (Lipinski definition) is 6. The number of hydrogen-bond donors (Lipinski definition) is 0. The number of nitro groups is 1. The molecule has 9 nitrogen and oxygen atoms in total. The smallest absolute Gasteiger partial charge is 0.258 e. The van der Waals surface area contributed by atoms with E-state index in [0.717, 1.165) is 28.8 Å². The molecule has 0 amide bonds. The van der Waals surface area contributed by atoms with Crippen LogP contribution >= 0.6 is 0 Å². The molecule has 2 aromatic carbocycles. The molecule has 1 aliphatic heterocycles. The fourth-order valence-corrected chi connectivity index (χ4v) is 7.43. The van der Waals surface area contributed by atoms with Gasteiger partial charge in [0.2, 0.25) is 20.0 Å². The van der Waals surface area contributed by atoms with E-state index in [1.54, 1.807) is 13.8 Å². The Kier molecular flexibility index (Phi) is 6.49. The van der Waals surface area contributed by atoms with Crippen LogP contribution in [0, 0.1) is 44.7 Å². The van der Waals surface area contributed by atoms with E-state index in [1.165, 1.54) is 20.7 Å². The second-order valence-electron chi connectivity index (χ2n) is 8.01. The molecule has 0 aliphatic carbocycles. The quantitative estimate of drug-likeness (QED) is 0.479. The number of rotatable bonds is 5. The summed E-state index contributed by atoms with van der Waals surface area (Å²) in [5.74, 6) is 0. The highest BCUT2D eigenvalue weighted by atomic mass is 32.2. The maximum absolute atomic E-state index is 13.5. The Labute approximate surface area is 188 Å². The van der Waals surface area contributed by atoms with Gasteiger partial charge < -0.3 is 0 Å². The molecule has 1 saturated heterocycles. The molecular weight excluding hydrogens is 454 g/mol. The Balaban J connectivity index is 1.85. The van der Waals surface area contributed by atoms with Crippen LogP contribution in [-0.4, -0.2) is 56.5 Å². The molecule has 0 saturated carbocycles. The number of piperazine rings is 1. The van der Waals surface area contributed by atoms with Gasteiger partial charge in [-0.2, -0.15) is 8.61 Å². The normalized spacial score (nSPS) is 16.3. The van der Waals surface area contributed by atoms with Crippen LogP contribution in [0.1, 0.15) is 27.8 Å². The SMILES string of the molecule is Cc1c(C)c(C)c(S(=O)(=O)N2CCN(S(=O)(=O)c3ccc([N+](=O)[O-])cc3)CC2)c(C)c1C. The molecule has 0 atom stereocenters. The van der Waals surface area contributed by atoms with Crippen LogP contribution in [0.2, 0.25) is 0 Å². The number of nitro benzene ring substituents is 1. The third-order valence-electron chi connectivity index (χ3n) is 6.41. The van der Waals surface area contributed by atoms with Crippen molar-refractivity contribution in [1.82, 2.24) is 8.61 Å². The van der Waals surface area contributed by atoms with Gasteiger partial charge in [0.1, 0.15) is 0 Å². The van der Waals surface area contributed by atoms with Gasteiger partial charge in [-0.1, -0.05) is 0 Å². The summed E-state index contributed by atoms with van der Waals surface area (Å²) in [6.45, 7) is 9.45. The predicted octanol–water partition coefficient (Wildman–Crippen LogP) is 2.83. The van der Waals surface area contributed by atoms with Crippen LogP contribution in [-0.2, 0) is 20.0 Å². The lowest BCUT2D eigenvalue weighted by Crippen LogP contribution is -2.50. The van der Waals surface area contributed by atoms with E-state index < -0.39 is 25.0 Å². The van der Waals surface area contributed by atoms with E-state index in [0.29, 0.717) is 16.0 Å². The molecule has 174 valence electrons. The van der Waals surface area contributed by atoms with Gasteiger partial charge in [0.15, 0.2) is 0 Å². The minimum atomic E-state index is -3.88. The molecule has 1 aliphatic rings. The molecule has 32 heavy (non-hydrogen) atoms. The van der Waals surface area contributed by atoms with Crippen LogP contribution < -0.4 is 0 Å². The zero-order valence-electron chi connectivity index (χ0n) is 18.7. The number of benzene rings is 2. The molecule has 11 heteroatoms. The first-order chi connectivity index (χ1) is 14.8. The van der Waals surface area contributed by atoms with Gasteiger partial charge in [0.05, 0.1) is 14.7 Å². The maximum Gasteiger partial charge on any atom is 0.269 e. The lowest BCUT2D eigenvalue weighted by molar-refractivity contribution is -0.384. The van der Waals surface area contributed by atoms with E-state index in [-0.39, 0.29) is 36.8 Å².